The second-order valence-corrected chi connectivity index (χ2v) is 6.33. The van der Waals surface area contributed by atoms with Crippen molar-refractivity contribution in [3.8, 4) is 0 Å². The van der Waals surface area contributed by atoms with Crippen LogP contribution in [0.2, 0.25) is 0 Å². The van der Waals surface area contributed by atoms with Gasteiger partial charge in [0.25, 0.3) is 10.2 Å². The van der Waals surface area contributed by atoms with Crippen LogP contribution < -0.4 is 9.44 Å². The first-order chi connectivity index (χ1) is 8.30. The van der Waals surface area contributed by atoms with Gasteiger partial charge in [0.1, 0.15) is 0 Å². The van der Waals surface area contributed by atoms with Gasteiger partial charge in [-0.25, -0.2) is 14.5 Å². The Bertz CT molecular complexity index is 510. The van der Waals surface area contributed by atoms with E-state index in [1.54, 1.807) is 13.8 Å². The molecule has 1 aromatic heterocycles. The Labute approximate surface area is 109 Å². The maximum atomic E-state index is 11.4. The molecule has 1 heterocycles. The third kappa shape index (κ3) is 5.08. The van der Waals surface area contributed by atoms with Crippen LogP contribution in [0.5, 0.6) is 0 Å². The zero-order valence-electron chi connectivity index (χ0n) is 10.0. The first-order valence-corrected chi connectivity index (χ1v) is 7.61. The van der Waals surface area contributed by atoms with Gasteiger partial charge in [-0.05, 0) is 13.8 Å². The number of aromatic carboxylic acids is 1. The number of carbonyl (C=O) groups is 1. The minimum atomic E-state index is -3.50. The fourth-order valence-corrected chi connectivity index (χ4v) is 3.02. The van der Waals surface area contributed by atoms with Crippen molar-refractivity contribution in [3.05, 3.63) is 16.1 Å². The van der Waals surface area contributed by atoms with Crippen LogP contribution in [-0.4, -0.2) is 37.1 Å². The molecule has 0 radical (unpaired) electrons. The molecule has 0 unspecified atom stereocenters. The van der Waals surface area contributed by atoms with E-state index < -0.39 is 16.2 Å². The van der Waals surface area contributed by atoms with Crippen molar-refractivity contribution in [1.29, 1.82) is 0 Å². The average molecular weight is 293 g/mol. The maximum absolute atomic E-state index is 11.4. The van der Waals surface area contributed by atoms with E-state index in [1.165, 1.54) is 16.7 Å². The third-order valence-corrected chi connectivity index (χ3v) is 4.07. The van der Waals surface area contributed by atoms with Crippen molar-refractivity contribution in [2.75, 3.05) is 6.54 Å². The molecular weight excluding hydrogens is 278 g/mol. The van der Waals surface area contributed by atoms with Crippen LogP contribution in [0, 0.1) is 0 Å². The summed E-state index contributed by atoms with van der Waals surface area (Å²) in [5.74, 6) is -1.08. The summed E-state index contributed by atoms with van der Waals surface area (Å²) < 4.78 is 27.6. The second kappa shape index (κ2) is 6.23. The summed E-state index contributed by atoms with van der Waals surface area (Å²) in [6, 6.07) is -0.180. The zero-order valence-corrected chi connectivity index (χ0v) is 11.6. The fraction of sp³-hybridized carbons (Fsp3) is 0.556. The summed E-state index contributed by atoms with van der Waals surface area (Å²) in [5.41, 5.74) is -0.0156. The highest BCUT2D eigenvalue weighted by Gasteiger charge is 2.12. The molecule has 0 aliphatic carbocycles. The maximum Gasteiger partial charge on any atom is 0.355 e. The lowest BCUT2D eigenvalue weighted by atomic mass is 10.4. The van der Waals surface area contributed by atoms with Crippen LogP contribution in [0.25, 0.3) is 0 Å². The molecule has 0 aliphatic rings. The number of hydrogen-bond donors (Lipinski definition) is 3. The zero-order chi connectivity index (χ0) is 13.8. The molecule has 1 rings (SSSR count). The third-order valence-electron chi connectivity index (χ3n) is 1.79. The quantitative estimate of drug-likeness (QED) is 0.666. The highest BCUT2D eigenvalue weighted by atomic mass is 32.2. The van der Waals surface area contributed by atoms with Gasteiger partial charge in [-0.1, -0.05) is 0 Å². The predicted molar refractivity (Wildman–Crippen MR) is 68.0 cm³/mol. The van der Waals surface area contributed by atoms with E-state index >= 15 is 0 Å². The smallest absolute Gasteiger partial charge is 0.355 e. The minimum absolute atomic E-state index is 0.0156. The van der Waals surface area contributed by atoms with Gasteiger partial charge in [0.05, 0.1) is 5.01 Å². The standard InChI is InChI=1S/C9H15N3O4S2/c1-6(2)12-18(15,16)10-4-3-8-11-7(5-17-8)9(13)14/h5-6,10,12H,3-4H2,1-2H3,(H,13,14). The summed E-state index contributed by atoms with van der Waals surface area (Å²) in [4.78, 5) is 14.4. The van der Waals surface area contributed by atoms with Crippen molar-refractivity contribution in [2.24, 2.45) is 0 Å². The van der Waals surface area contributed by atoms with Crippen LogP contribution in [-0.2, 0) is 16.6 Å². The molecule has 0 fully saturated rings. The number of aromatic nitrogens is 1. The van der Waals surface area contributed by atoms with Crippen LogP contribution in [0.1, 0.15) is 29.3 Å². The topological polar surface area (TPSA) is 108 Å². The molecule has 0 saturated heterocycles. The Kier molecular flexibility index (Phi) is 5.20. The van der Waals surface area contributed by atoms with Crippen LogP contribution in [0.3, 0.4) is 0 Å². The normalized spacial score (nSPS) is 11.9. The molecule has 3 N–H and O–H groups in total. The van der Waals surface area contributed by atoms with Gasteiger partial charge in [0.15, 0.2) is 5.69 Å². The van der Waals surface area contributed by atoms with E-state index in [2.05, 4.69) is 14.4 Å². The second-order valence-electron chi connectivity index (χ2n) is 3.85. The number of rotatable bonds is 7. The largest absolute Gasteiger partial charge is 0.476 e. The molecule has 0 atom stereocenters. The Morgan fingerprint density at radius 1 is 1.56 bits per heavy atom. The summed E-state index contributed by atoms with van der Waals surface area (Å²) in [6.45, 7) is 3.62. The lowest BCUT2D eigenvalue weighted by Crippen LogP contribution is -2.41. The molecule has 1 aromatic rings. The lowest BCUT2D eigenvalue weighted by Gasteiger charge is -2.09. The van der Waals surface area contributed by atoms with Gasteiger partial charge in [0, 0.05) is 24.4 Å². The Balaban J connectivity index is 2.44. The number of carboxylic acids is 1. The molecule has 0 bridgehead atoms. The van der Waals surface area contributed by atoms with Gasteiger partial charge >= 0.3 is 5.97 Å². The van der Waals surface area contributed by atoms with Crippen molar-refractivity contribution < 1.29 is 18.3 Å². The Morgan fingerprint density at radius 2 is 2.22 bits per heavy atom. The van der Waals surface area contributed by atoms with E-state index in [0.717, 1.165) is 0 Å². The Morgan fingerprint density at radius 3 is 2.72 bits per heavy atom. The monoisotopic (exact) mass is 293 g/mol. The number of nitrogens with zero attached hydrogens (tertiary/aromatic N) is 1. The van der Waals surface area contributed by atoms with Crippen LogP contribution in [0.4, 0.5) is 0 Å². The van der Waals surface area contributed by atoms with E-state index in [-0.39, 0.29) is 18.3 Å². The summed E-state index contributed by atoms with van der Waals surface area (Å²) in [7, 11) is -3.50. The molecule has 0 aliphatic heterocycles. The number of nitrogens with one attached hydrogen (secondary N) is 2. The first kappa shape index (κ1) is 15.0. The van der Waals surface area contributed by atoms with Crippen LogP contribution >= 0.6 is 11.3 Å². The van der Waals surface area contributed by atoms with Crippen LogP contribution in [0.15, 0.2) is 5.38 Å². The SMILES string of the molecule is CC(C)NS(=O)(=O)NCCc1nc(C(=O)O)cs1. The number of hydrogen-bond acceptors (Lipinski definition) is 5. The van der Waals surface area contributed by atoms with E-state index in [1.807, 2.05) is 0 Å². The first-order valence-electron chi connectivity index (χ1n) is 5.25. The highest BCUT2D eigenvalue weighted by Crippen LogP contribution is 2.09. The highest BCUT2D eigenvalue weighted by molar-refractivity contribution is 7.87. The van der Waals surface area contributed by atoms with Crippen molar-refractivity contribution >= 4 is 27.5 Å². The van der Waals surface area contributed by atoms with E-state index in [0.29, 0.717) is 11.4 Å². The molecule has 0 aromatic carbocycles. The summed E-state index contributed by atoms with van der Waals surface area (Å²) in [5, 5.41) is 10.7. The van der Waals surface area contributed by atoms with Gasteiger partial charge < -0.3 is 5.11 Å². The molecule has 0 amide bonds. The van der Waals surface area contributed by atoms with E-state index in [4.69, 9.17) is 5.11 Å². The van der Waals surface area contributed by atoms with Gasteiger partial charge in [-0.15, -0.1) is 11.3 Å². The molecule has 0 saturated carbocycles. The molecule has 18 heavy (non-hydrogen) atoms. The van der Waals surface area contributed by atoms with Crippen molar-refractivity contribution in [1.82, 2.24) is 14.4 Å². The molecule has 0 spiro atoms. The molecule has 7 nitrogen and oxygen atoms in total. The summed E-state index contributed by atoms with van der Waals surface area (Å²) in [6.07, 6.45) is 0.358. The molecule has 102 valence electrons. The Hall–Kier alpha value is -1.03. The molecule has 9 heteroatoms. The van der Waals surface area contributed by atoms with Gasteiger partial charge in [-0.3, -0.25) is 0 Å². The average Bonchev–Trinajstić information content (AvgIpc) is 2.63. The lowest BCUT2D eigenvalue weighted by molar-refractivity contribution is 0.0691. The van der Waals surface area contributed by atoms with Crippen molar-refractivity contribution in [3.63, 3.8) is 0 Å². The van der Waals surface area contributed by atoms with Crippen molar-refractivity contribution in [2.45, 2.75) is 26.3 Å². The predicted octanol–water partition coefficient (Wildman–Crippen LogP) is 0.216. The number of carboxylic acid groups (broad SMARTS) is 1. The summed E-state index contributed by atoms with van der Waals surface area (Å²) >= 11 is 1.20. The van der Waals surface area contributed by atoms with Gasteiger partial charge in [-0.2, -0.15) is 13.1 Å². The molecular formula is C9H15N3O4S2. The van der Waals surface area contributed by atoms with Gasteiger partial charge in [0.2, 0.25) is 0 Å². The fourth-order valence-electron chi connectivity index (χ4n) is 1.17. The van der Waals surface area contributed by atoms with E-state index in [9.17, 15) is 13.2 Å². The minimum Gasteiger partial charge on any atom is -0.476 e. The number of thiazole rings is 1.